The van der Waals surface area contributed by atoms with Crippen molar-refractivity contribution in [2.75, 3.05) is 40.4 Å². The zero-order chi connectivity index (χ0) is 23.1. The van der Waals surface area contributed by atoms with Crippen LogP contribution < -0.4 is 9.47 Å². The molecule has 0 N–H and O–H groups in total. The molecule has 3 amide bonds. The first kappa shape index (κ1) is 21.8. The lowest BCUT2D eigenvalue weighted by Crippen LogP contribution is -2.61. The van der Waals surface area contributed by atoms with Gasteiger partial charge in [-0.25, -0.2) is 0 Å². The van der Waals surface area contributed by atoms with Gasteiger partial charge in [0.1, 0.15) is 6.54 Å². The molecule has 3 fully saturated rings. The van der Waals surface area contributed by atoms with Gasteiger partial charge in [0.05, 0.1) is 20.6 Å². The van der Waals surface area contributed by atoms with Gasteiger partial charge in [-0.2, -0.15) is 0 Å². The number of hydrogen-bond acceptors (Lipinski definition) is 5. The molecule has 176 valence electrons. The molecule has 3 unspecified atom stereocenters. The molecule has 5 rings (SSSR count). The molecular weight excluding hydrogens is 422 g/mol. The van der Waals surface area contributed by atoms with E-state index in [1.807, 2.05) is 23.1 Å². The molecule has 4 aliphatic heterocycles. The molecule has 0 radical (unpaired) electrons. The molecule has 3 atom stereocenters. The highest BCUT2D eigenvalue weighted by atomic mass is 16.5. The smallest absolute Gasteiger partial charge is 0.242 e. The van der Waals surface area contributed by atoms with Gasteiger partial charge in [0.25, 0.3) is 0 Å². The van der Waals surface area contributed by atoms with Gasteiger partial charge >= 0.3 is 0 Å². The van der Waals surface area contributed by atoms with Crippen LogP contribution in [0.3, 0.4) is 0 Å². The minimum Gasteiger partial charge on any atom is -0.493 e. The Morgan fingerprint density at radius 3 is 2.64 bits per heavy atom. The standard InChI is InChI=1S/C25H31N3O5/c1-32-21-9-17-6-7-26(24(30)11-18(17)10-22(21)33-2)15-25(31)27-12-16-8-19(14-27)20-4-3-5-23(29)28(20)13-16/h6-7,9-10,16,19-20H,3-5,8,11-15H2,1-2H3. The topological polar surface area (TPSA) is 79.4 Å². The normalized spacial score (nSPS) is 26.5. The van der Waals surface area contributed by atoms with Crippen molar-refractivity contribution in [2.24, 2.45) is 11.8 Å². The Labute approximate surface area is 194 Å². The van der Waals surface area contributed by atoms with E-state index in [4.69, 9.17) is 9.47 Å². The fraction of sp³-hybridized carbons (Fsp3) is 0.560. The number of carbonyl (C=O) groups excluding carboxylic acids is 3. The summed E-state index contributed by atoms with van der Waals surface area (Å²) in [6.45, 7) is 2.12. The third-order valence-corrected chi connectivity index (χ3v) is 7.58. The lowest BCUT2D eigenvalue weighted by atomic mass is 9.76. The van der Waals surface area contributed by atoms with Crippen molar-refractivity contribution in [2.45, 2.75) is 38.1 Å². The minimum atomic E-state index is -0.119. The van der Waals surface area contributed by atoms with Crippen LogP contribution in [0.25, 0.3) is 6.08 Å². The van der Waals surface area contributed by atoms with E-state index in [0.29, 0.717) is 42.8 Å². The van der Waals surface area contributed by atoms with Crippen molar-refractivity contribution >= 4 is 23.8 Å². The van der Waals surface area contributed by atoms with Crippen LogP contribution in [0, 0.1) is 11.8 Å². The van der Waals surface area contributed by atoms with Gasteiger partial charge in [0, 0.05) is 38.3 Å². The van der Waals surface area contributed by atoms with E-state index in [1.54, 1.807) is 20.4 Å². The van der Waals surface area contributed by atoms with Crippen molar-refractivity contribution in [3.05, 3.63) is 29.5 Å². The first-order chi connectivity index (χ1) is 16.0. The monoisotopic (exact) mass is 453 g/mol. The van der Waals surface area contributed by atoms with Crippen LogP contribution in [-0.2, 0) is 20.8 Å². The summed E-state index contributed by atoms with van der Waals surface area (Å²) < 4.78 is 10.7. The number of methoxy groups -OCH3 is 2. The Morgan fingerprint density at radius 1 is 1.06 bits per heavy atom. The molecule has 4 heterocycles. The lowest BCUT2D eigenvalue weighted by Gasteiger charge is -2.52. The molecule has 1 aromatic carbocycles. The largest absolute Gasteiger partial charge is 0.493 e. The van der Waals surface area contributed by atoms with Crippen LogP contribution in [0.5, 0.6) is 11.5 Å². The van der Waals surface area contributed by atoms with Crippen LogP contribution in [-0.4, -0.2) is 78.9 Å². The number of ether oxygens (including phenoxy) is 2. The number of piperidine rings is 3. The highest BCUT2D eigenvalue weighted by Gasteiger charge is 2.44. The molecule has 8 heteroatoms. The highest BCUT2D eigenvalue weighted by Crippen LogP contribution is 2.38. The Hall–Kier alpha value is -3.03. The van der Waals surface area contributed by atoms with Crippen molar-refractivity contribution < 1.29 is 23.9 Å². The third-order valence-electron chi connectivity index (χ3n) is 7.58. The molecule has 2 bridgehead atoms. The Kier molecular flexibility index (Phi) is 5.76. The second-order valence-corrected chi connectivity index (χ2v) is 9.59. The maximum Gasteiger partial charge on any atom is 0.242 e. The number of fused-ring (bicyclic) bond motifs is 5. The molecule has 0 aliphatic carbocycles. The van der Waals surface area contributed by atoms with Crippen LogP contribution in [0.15, 0.2) is 18.3 Å². The van der Waals surface area contributed by atoms with Gasteiger partial charge < -0.3 is 24.2 Å². The van der Waals surface area contributed by atoms with Crippen LogP contribution in [0.1, 0.15) is 36.8 Å². The van der Waals surface area contributed by atoms with E-state index in [0.717, 1.165) is 36.9 Å². The van der Waals surface area contributed by atoms with Crippen LogP contribution in [0.4, 0.5) is 0 Å². The predicted octanol–water partition coefficient (Wildman–Crippen LogP) is 1.92. The summed E-state index contributed by atoms with van der Waals surface area (Å²) >= 11 is 0. The van der Waals surface area contributed by atoms with Gasteiger partial charge in [-0.05, 0) is 60.4 Å². The second kappa shape index (κ2) is 8.72. The maximum absolute atomic E-state index is 13.2. The fourth-order valence-electron chi connectivity index (χ4n) is 5.96. The Balaban J connectivity index is 1.27. The van der Waals surface area contributed by atoms with Gasteiger partial charge in [-0.15, -0.1) is 0 Å². The first-order valence-corrected chi connectivity index (χ1v) is 11.8. The summed E-state index contributed by atoms with van der Waals surface area (Å²) in [5.74, 6) is 1.97. The molecule has 1 aromatic rings. The second-order valence-electron chi connectivity index (χ2n) is 9.59. The summed E-state index contributed by atoms with van der Waals surface area (Å²) in [5.41, 5.74) is 1.73. The van der Waals surface area contributed by atoms with E-state index in [2.05, 4.69) is 4.90 Å². The summed E-state index contributed by atoms with van der Waals surface area (Å²) in [6, 6.07) is 3.94. The molecular formula is C25H31N3O5. The van der Waals surface area contributed by atoms with Gasteiger partial charge in [0.15, 0.2) is 11.5 Å². The van der Waals surface area contributed by atoms with Crippen molar-refractivity contribution in [1.82, 2.24) is 14.7 Å². The lowest BCUT2D eigenvalue weighted by molar-refractivity contribution is -0.150. The van der Waals surface area contributed by atoms with Crippen LogP contribution in [0.2, 0.25) is 0 Å². The van der Waals surface area contributed by atoms with Crippen molar-refractivity contribution in [3.8, 4) is 11.5 Å². The molecule has 0 aromatic heterocycles. The van der Waals surface area contributed by atoms with E-state index < -0.39 is 0 Å². The molecule has 4 aliphatic rings. The number of rotatable bonds is 4. The Bertz CT molecular complexity index is 1010. The van der Waals surface area contributed by atoms with Gasteiger partial charge in [-0.1, -0.05) is 0 Å². The zero-order valence-corrected chi connectivity index (χ0v) is 19.3. The summed E-state index contributed by atoms with van der Waals surface area (Å²) in [4.78, 5) is 44.1. The molecule has 33 heavy (non-hydrogen) atoms. The average Bonchev–Trinajstić information content (AvgIpc) is 2.96. The van der Waals surface area contributed by atoms with E-state index in [9.17, 15) is 14.4 Å². The third kappa shape index (κ3) is 4.07. The fourth-order valence-corrected chi connectivity index (χ4v) is 5.96. The maximum atomic E-state index is 13.2. The predicted molar refractivity (Wildman–Crippen MR) is 122 cm³/mol. The molecule has 0 saturated carbocycles. The van der Waals surface area contributed by atoms with Crippen molar-refractivity contribution in [3.63, 3.8) is 0 Å². The summed E-state index contributed by atoms with van der Waals surface area (Å²) in [6.07, 6.45) is 7.46. The first-order valence-electron chi connectivity index (χ1n) is 11.8. The van der Waals surface area contributed by atoms with E-state index in [1.165, 1.54) is 4.90 Å². The van der Waals surface area contributed by atoms with E-state index >= 15 is 0 Å². The average molecular weight is 454 g/mol. The summed E-state index contributed by atoms with van der Waals surface area (Å²) in [7, 11) is 3.15. The summed E-state index contributed by atoms with van der Waals surface area (Å²) in [5, 5.41) is 0. The van der Waals surface area contributed by atoms with Gasteiger partial charge in [-0.3, -0.25) is 14.4 Å². The number of likely N-dealkylation sites (tertiary alicyclic amines) is 1. The van der Waals surface area contributed by atoms with Gasteiger partial charge in [0.2, 0.25) is 17.7 Å². The van der Waals surface area contributed by atoms with Crippen molar-refractivity contribution in [1.29, 1.82) is 0 Å². The minimum absolute atomic E-state index is 0.0283. The number of benzene rings is 1. The molecule has 3 saturated heterocycles. The molecule has 0 spiro atoms. The van der Waals surface area contributed by atoms with E-state index in [-0.39, 0.29) is 36.7 Å². The zero-order valence-electron chi connectivity index (χ0n) is 19.3. The van der Waals surface area contributed by atoms with Crippen LogP contribution >= 0.6 is 0 Å². The number of amides is 3. The Morgan fingerprint density at radius 2 is 1.85 bits per heavy atom. The number of hydrogen-bond donors (Lipinski definition) is 0. The SMILES string of the molecule is COc1cc2c(cc1OC)CC(=O)N(CC(=O)N1CC3CC(C1)C1CCCC(=O)N1C3)C=C2. The number of nitrogens with zero attached hydrogens (tertiary/aromatic N) is 3. The quantitative estimate of drug-likeness (QED) is 0.696. The number of carbonyl (C=O) groups is 3. The highest BCUT2D eigenvalue weighted by molar-refractivity contribution is 5.89. The molecule has 8 nitrogen and oxygen atoms in total.